The van der Waals surface area contributed by atoms with Crippen molar-refractivity contribution in [2.45, 2.75) is 42.7 Å². The molecule has 0 spiro atoms. The maximum absolute atomic E-state index is 13.0. The van der Waals surface area contributed by atoms with Gasteiger partial charge < -0.3 is 15.5 Å². The molecule has 0 saturated carbocycles. The SMILES string of the molecule is NC1CCCN(C(=O)C2CCCN2C2=NS(=O)(=O)c3ccccc32)C1. The normalized spacial score (nSPS) is 28.0. The van der Waals surface area contributed by atoms with Crippen LogP contribution < -0.4 is 5.73 Å². The van der Waals surface area contributed by atoms with Crippen molar-refractivity contribution in [1.82, 2.24) is 9.80 Å². The van der Waals surface area contributed by atoms with Gasteiger partial charge in [0.25, 0.3) is 10.0 Å². The molecule has 3 aliphatic rings. The number of fused-ring (bicyclic) bond motifs is 1. The van der Waals surface area contributed by atoms with Crippen LogP contribution in [0.15, 0.2) is 33.6 Å². The maximum Gasteiger partial charge on any atom is 0.285 e. The predicted octanol–water partition coefficient (Wildman–Crippen LogP) is 0.550. The highest BCUT2D eigenvalue weighted by molar-refractivity contribution is 7.90. The van der Waals surface area contributed by atoms with E-state index in [-0.39, 0.29) is 22.9 Å². The number of nitrogens with zero attached hydrogens (tertiary/aromatic N) is 3. The van der Waals surface area contributed by atoms with Crippen molar-refractivity contribution in [3.63, 3.8) is 0 Å². The van der Waals surface area contributed by atoms with Crippen LogP contribution in [-0.4, -0.2) is 61.7 Å². The van der Waals surface area contributed by atoms with E-state index >= 15 is 0 Å². The van der Waals surface area contributed by atoms with Crippen LogP contribution in [0.2, 0.25) is 0 Å². The molecule has 2 saturated heterocycles. The monoisotopic (exact) mass is 362 g/mol. The van der Waals surface area contributed by atoms with Crippen LogP contribution in [0.1, 0.15) is 31.2 Å². The number of carbonyl (C=O) groups excluding carboxylic acids is 1. The number of nitrogens with two attached hydrogens (primary N) is 1. The number of likely N-dealkylation sites (tertiary alicyclic amines) is 2. The number of piperidine rings is 1. The molecule has 1 aromatic rings. The molecular formula is C17H22N4O3S. The minimum absolute atomic E-state index is 0.0254. The Morgan fingerprint density at radius 1 is 1.16 bits per heavy atom. The lowest BCUT2D eigenvalue weighted by molar-refractivity contribution is -0.136. The molecule has 1 amide bonds. The minimum Gasteiger partial charge on any atom is -0.343 e. The Labute approximate surface area is 147 Å². The molecule has 2 N–H and O–H groups in total. The van der Waals surface area contributed by atoms with Crippen LogP contribution in [0.5, 0.6) is 0 Å². The van der Waals surface area contributed by atoms with Gasteiger partial charge in [-0.15, -0.1) is 4.40 Å². The van der Waals surface area contributed by atoms with E-state index in [0.717, 1.165) is 25.8 Å². The molecule has 3 aliphatic heterocycles. The average molecular weight is 362 g/mol. The Balaban J connectivity index is 1.63. The van der Waals surface area contributed by atoms with Crippen LogP contribution in [0, 0.1) is 0 Å². The van der Waals surface area contributed by atoms with Crippen molar-refractivity contribution in [1.29, 1.82) is 0 Å². The van der Waals surface area contributed by atoms with Gasteiger partial charge in [-0.25, -0.2) is 0 Å². The van der Waals surface area contributed by atoms with E-state index in [9.17, 15) is 13.2 Å². The van der Waals surface area contributed by atoms with Crippen molar-refractivity contribution in [2.75, 3.05) is 19.6 Å². The summed E-state index contributed by atoms with van der Waals surface area (Å²) in [5.41, 5.74) is 6.60. The van der Waals surface area contributed by atoms with Crippen LogP contribution in [0.25, 0.3) is 0 Å². The van der Waals surface area contributed by atoms with E-state index in [1.807, 2.05) is 9.80 Å². The van der Waals surface area contributed by atoms with Crippen LogP contribution in [0.4, 0.5) is 0 Å². The van der Waals surface area contributed by atoms with Gasteiger partial charge in [0.15, 0.2) is 5.84 Å². The van der Waals surface area contributed by atoms with Gasteiger partial charge in [0.1, 0.15) is 10.9 Å². The van der Waals surface area contributed by atoms with E-state index in [2.05, 4.69) is 4.40 Å². The van der Waals surface area contributed by atoms with Crippen LogP contribution >= 0.6 is 0 Å². The van der Waals surface area contributed by atoms with Gasteiger partial charge in [0.2, 0.25) is 5.91 Å². The zero-order valence-electron chi connectivity index (χ0n) is 14.0. The lowest BCUT2D eigenvalue weighted by atomic mass is 10.0. The Bertz CT molecular complexity index is 836. The van der Waals surface area contributed by atoms with Crippen molar-refractivity contribution < 1.29 is 13.2 Å². The Morgan fingerprint density at radius 3 is 2.72 bits per heavy atom. The Hall–Kier alpha value is -1.93. The Kier molecular flexibility index (Phi) is 4.04. The average Bonchev–Trinajstić information content (AvgIpc) is 3.17. The molecule has 2 atom stereocenters. The van der Waals surface area contributed by atoms with E-state index in [0.29, 0.717) is 30.9 Å². The smallest absolute Gasteiger partial charge is 0.285 e. The first-order valence-electron chi connectivity index (χ1n) is 8.73. The number of rotatable bonds is 1. The summed E-state index contributed by atoms with van der Waals surface area (Å²) in [6.07, 6.45) is 3.41. The molecule has 25 heavy (non-hydrogen) atoms. The summed E-state index contributed by atoms with van der Waals surface area (Å²) < 4.78 is 28.6. The minimum atomic E-state index is -3.67. The summed E-state index contributed by atoms with van der Waals surface area (Å²) >= 11 is 0. The number of hydrogen-bond acceptors (Lipinski definition) is 5. The fourth-order valence-corrected chi connectivity index (χ4v) is 5.21. The second-order valence-corrected chi connectivity index (χ2v) is 8.50. The van der Waals surface area contributed by atoms with Gasteiger partial charge in [-0.2, -0.15) is 8.42 Å². The summed E-state index contributed by atoms with van der Waals surface area (Å²) in [5.74, 6) is 0.449. The highest BCUT2D eigenvalue weighted by atomic mass is 32.2. The maximum atomic E-state index is 13.0. The Morgan fingerprint density at radius 2 is 1.92 bits per heavy atom. The second-order valence-electron chi connectivity index (χ2n) is 6.92. The van der Waals surface area contributed by atoms with Gasteiger partial charge in [0, 0.05) is 31.2 Å². The van der Waals surface area contributed by atoms with E-state index < -0.39 is 10.0 Å². The molecule has 0 radical (unpaired) electrons. The molecule has 0 aromatic heterocycles. The first-order valence-corrected chi connectivity index (χ1v) is 10.2. The third kappa shape index (κ3) is 2.83. The molecule has 0 bridgehead atoms. The number of benzene rings is 1. The van der Waals surface area contributed by atoms with Crippen molar-refractivity contribution in [2.24, 2.45) is 10.1 Å². The second kappa shape index (κ2) is 6.10. The van der Waals surface area contributed by atoms with E-state index in [1.54, 1.807) is 24.3 Å². The first kappa shape index (κ1) is 16.5. The molecule has 1 aromatic carbocycles. The highest BCUT2D eigenvalue weighted by Crippen LogP contribution is 2.31. The van der Waals surface area contributed by atoms with Gasteiger partial charge >= 0.3 is 0 Å². The van der Waals surface area contributed by atoms with E-state index in [4.69, 9.17) is 5.73 Å². The fraction of sp³-hybridized carbons (Fsp3) is 0.529. The molecule has 4 rings (SSSR count). The molecule has 7 nitrogen and oxygen atoms in total. The number of carbonyl (C=O) groups is 1. The largest absolute Gasteiger partial charge is 0.343 e. The zero-order valence-corrected chi connectivity index (χ0v) is 14.8. The third-order valence-electron chi connectivity index (χ3n) is 5.19. The van der Waals surface area contributed by atoms with Crippen molar-refractivity contribution in [3.8, 4) is 0 Å². The fourth-order valence-electron chi connectivity index (χ4n) is 3.99. The molecule has 2 unspecified atom stereocenters. The number of sulfonamides is 1. The number of amides is 1. The van der Waals surface area contributed by atoms with Crippen LogP contribution in [0.3, 0.4) is 0 Å². The topological polar surface area (TPSA) is 96.1 Å². The van der Waals surface area contributed by atoms with Gasteiger partial charge in [0.05, 0.1) is 0 Å². The highest BCUT2D eigenvalue weighted by Gasteiger charge is 2.41. The van der Waals surface area contributed by atoms with Gasteiger partial charge in [-0.1, -0.05) is 12.1 Å². The first-order chi connectivity index (χ1) is 12.0. The van der Waals surface area contributed by atoms with Gasteiger partial charge in [-0.05, 0) is 37.8 Å². The summed E-state index contributed by atoms with van der Waals surface area (Å²) in [6, 6.07) is 6.48. The molecule has 3 heterocycles. The van der Waals surface area contributed by atoms with Crippen LogP contribution in [-0.2, 0) is 14.8 Å². The third-order valence-corrected chi connectivity index (χ3v) is 6.52. The van der Waals surface area contributed by atoms with Crippen molar-refractivity contribution >= 4 is 21.8 Å². The lowest BCUT2D eigenvalue weighted by Crippen LogP contribution is -2.53. The summed E-state index contributed by atoms with van der Waals surface area (Å²) in [6.45, 7) is 1.93. The predicted molar refractivity (Wildman–Crippen MR) is 93.7 cm³/mol. The van der Waals surface area contributed by atoms with Gasteiger partial charge in [-0.3, -0.25) is 4.79 Å². The molecule has 2 fully saturated rings. The lowest BCUT2D eigenvalue weighted by Gasteiger charge is -2.35. The molecule has 0 aliphatic carbocycles. The summed E-state index contributed by atoms with van der Waals surface area (Å²) in [5, 5.41) is 0. The zero-order chi connectivity index (χ0) is 17.6. The van der Waals surface area contributed by atoms with Crippen molar-refractivity contribution in [3.05, 3.63) is 29.8 Å². The molecular weight excluding hydrogens is 340 g/mol. The quantitative estimate of drug-likeness (QED) is 0.787. The molecule has 134 valence electrons. The summed E-state index contributed by atoms with van der Waals surface area (Å²) in [7, 11) is -3.67. The number of amidine groups is 1. The number of hydrogen-bond donors (Lipinski definition) is 1. The standard InChI is InChI=1S/C17H22N4O3S/c18-12-5-3-9-20(11-12)17(22)14-7-4-10-21(14)16-13-6-1-2-8-15(13)25(23,24)19-16/h1-2,6,8,12,14H,3-5,7,9-11,18H2. The van der Waals surface area contributed by atoms with E-state index in [1.165, 1.54) is 0 Å². The summed E-state index contributed by atoms with van der Waals surface area (Å²) in [4.78, 5) is 16.9. The molecule has 8 heteroatoms.